The molecule has 18 aromatic rings. The minimum Gasteiger partial charge on any atom is -0.354 e. The largest absolute Gasteiger partial charge is 0.354 e. The van der Waals surface area contributed by atoms with Crippen molar-refractivity contribution in [2.24, 2.45) is 0 Å². The van der Waals surface area contributed by atoms with Crippen molar-refractivity contribution in [3.63, 3.8) is 0 Å². The molecule has 0 saturated carbocycles. The van der Waals surface area contributed by atoms with Gasteiger partial charge >= 0.3 is 0 Å². The normalized spacial score (nSPS) is 12.0. The molecule has 0 radical (unpaired) electrons. The highest BCUT2D eigenvalue weighted by molar-refractivity contribution is 14.1. The van der Waals surface area contributed by atoms with E-state index in [0.29, 0.717) is 0 Å². The average Bonchev–Trinajstić information content (AvgIpc) is 1.54. The monoisotopic (exact) mass is 1340 g/mol. The van der Waals surface area contributed by atoms with Crippen LogP contribution in [0, 0.1) is 3.57 Å². The molecule has 14 aromatic carbocycles. The topological polar surface area (TPSA) is 20.7 Å². The molecule has 0 atom stereocenters. The number of hydrogen-bond acceptors (Lipinski definition) is 2. The summed E-state index contributed by atoms with van der Waals surface area (Å²) < 4.78 is 9.22. The molecule has 0 fully saturated rings. The fourth-order valence-corrected chi connectivity index (χ4v) is 17.2. The van der Waals surface area contributed by atoms with Gasteiger partial charge in [0.05, 0.1) is 16.6 Å². The van der Waals surface area contributed by atoms with Gasteiger partial charge in [-0.05, 0) is 125 Å². The van der Waals surface area contributed by atoms with Crippen molar-refractivity contribution in [2.75, 3.05) is 0 Å². The van der Waals surface area contributed by atoms with Crippen LogP contribution in [0.5, 0.6) is 0 Å². The van der Waals surface area contributed by atoms with E-state index in [2.05, 4.69) is 347 Å². The van der Waals surface area contributed by atoms with Crippen molar-refractivity contribution in [1.82, 2.24) is 9.55 Å². The number of halogens is 1. The number of aromatic amines is 1. The summed E-state index contributed by atoms with van der Waals surface area (Å²) in [5.74, 6) is 0. The second-order valence-corrected chi connectivity index (χ2v) is 29.8. The summed E-state index contributed by atoms with van der Waals surface area (Å²) in [7, 11) is 0. The van der Waals surface area contributed by atoms with Crippen LogP contribution < -0.4 is 0 Å². The molecular weight excluding hydrogens is 1280 g/mol. The number of para-hydroxylation sites is 1. The summed E-state index contributed by atoms with van der Waals surface area (Å²) in [5.41, 5.74) is 19.2. The summed E-state index contributed by atoms with van der Waals surface area (Å²) in [6, 6.07) is 106. The molecule has 2 nitrogen and oxygen atoms in total. The SMILES string of the molecule is CC(C)(C)c1ccc(-c2cccc3c2sc2c4ccccc4c4[nH]c5cc(-c6ccccc6)ccc5c4c32)cc1.CC(C)(C)c1ccc(-c2cccc3c2sc2c4ccccc4c4c(c5ccc(-c6ccccc6)cc5n4-c4ccccc4)c32)cc1.Ic1ccccc1. The molecule has 0 saturated heterocycles. The van der Waals surface area contributed by atoms with Gasteiger partial charge in [-0.2, -0.15) is 0 Å². The number of H-pyrrole nitrogens is 1. The molecule has 0 amide bonds. The third kappa shape index (κ3) is 10.4. The fraction of sp³-hybridized carbons (Fsp3) is 0.0909. The molecule has 4 aromatic heterocycles. The highest BCUT2D eigenvalue weighted by Crippen LogP contribution is 2.52. The quantitative estimate of drug-likeness (QED) is 0.166. The second kappa shape index (κ2) is 23.5. The van der Waals surface area contributed by atoms with E-state index in [9.17, 15) is 0 Å². The molecule has 0 aliphatic heterocycles. The fourth-order valence-electron chi connectivity index (χ4n) is 14.0. The summed E-state index contributed by atoms with van der Waals surface area (Å²) in [6.07, 6.45) is 0. The van der Waals surface area contributed by atoms with Gasteiger partial charge in [-0.1, -0.05) is 296 Å². The van der Waals surface area contributed by atoms with E-state index in [1.807, 2.05) is 40.9 Å². The van der Waals surface area contributed by atoms with Gasteiger partial charge in [-0.25, -0.2) is 0 Å². The van der Waals surface area contributed by atoms with E-state index in [0.717, 1.165) is 0 Å². The number of rotatable bonds is 5. The third-order valence-corrected chi connectivity index (χ3v) is 21.9. The Kier molecular flexibility index (Phi) is 14.8. The van der Waals surface area contributed by atoms with Gasteiger partial charge < -0.3 is 9.55 Å². The molecule has 1 N–H and O–H groups in total. The highest BCUT2D eigenvalue weighted by Gasteiger charge is 2.25. The first-order valence-corrected chi connectivity index (χ1v) is 34.8. The Morgan fingerprint density at radius 1 is 0.312 bits per heavy atom. The Bertz CT molecular complexity index is 5840. The molecule has 0 aliphatic carbocycles. The zero-order chi connectivity index (χ0) is 63.1. The van der Waals surface area contributed by atoms with Gasteiger partial charge in [0, 0.05) is 98.2 Å². The van der Waals surface area contributed by atoms with Gasteiger partial charge in [0.1, 0.15) is 0 Å². The van der Waals surface area contributed by atoms with E-state index < -0.39 is 0 Å². The van der Waals surface area contributed by atoms with Crippen LogP contribution in [0.3, 0.4) is 0 Å². The van der Waals surface area contributed by atoms with Crippen molar-refractivity contribution >= 4 is 151 Å². The lowest BCUT2D eigenvalue weighted by atomic mass is 9.86. The van der Waals surface area contributed by atoms with E-state index in [1.165, 1.54) is 170 Å². The minimum absolute atomic E-state index is 0.125. The Labute approximate surface area is 564 Å². The average molecular weight is 1340 g/mol. The van der Waals surface area contributed by atoms with Crippen molar-refractivity contribution < 1.29 is 0 Å². The van der Waals surface area contributed by atoms with Gasteiger partial charge in [0.15, 0.2) is 0 Å². The summed E-state index contributed by atoms with van der Waals surface area (Å²) in [4.78, 5) is 3.85. The number of nitrogens with one attached hydrogen (secondary N) is 1. The number of thiophene rings is 2. The molecule has 0 bridgehead atoms. The highest BCUT2D eigenvalue weighted by atomic mass is 127. The molecule has 18 rings (SSSR count). The second-order valence-electron chi connectivity index (χ2n) is 26.5. The molecular formula is C88H67IN2S2. The van der Waals surface area contributed by atoms with Crippen molar-refractivity contribution in [3.05, 3.63) is 306 Å². The number of aromatic nitrogens is 2. The smallest absolute Gasteiger partial charge is 0.0626 e. The van der Waals surface area contributed by atoms with E-state index in [1.54, 1.807) is 0 Å². The van der Waals surface area contributed by atoms with Crippen molar-refractivity contribution in [3.8, 4) is 50.2 Å². The maximum Gasteiger partial charge on any atom is 0.0626 e. The lowest BCUT2D eigenvalue weighted by Gasteiger charge is -2.19. The number of fused-ring (bicyclic) bond motifs is 20. The zero-order valence-electron chi connectivity index (χ0n) is 52.9. The maximum atomic E-state index is 3.85. The number of benzene rings is 14. The van der Waals surface area contributed by atoms with E-state index in [-0.39, 0.29) is 10.8 Å². The van der Waals surface area contributed by atoms with E-state index >= 15 is 0 Å². The van der Waals surface area contributed by atoms with Gasteiger partial charge in [-0.15, -0.1) is 22.7 Å². The molecule has 448 valence electrons. The first kappa shape index (κ1) is 58.5. The predicted octanol–water partition coefficient (Wildman–Crippen LogP) is 26.7. The predicted molar refractivity (Wildman–Crippen MR) is 416 cm³/mol. The van der Waals surface area contributed by atoms with Crippen LogP contribution in [0.15, 0.2) is 291 Å². The van der Waals surface area contributed by atoms with Crippen LogP contribution in [0.1, 0.15) is 52.7 Å². The van der Waals surface area contributed by atoms with Crippen molar-refractivity contribution in [1.29, 1.82) is 0 Å². The van der Waals surface area contributed by atoms with Gasteiger partial charge in [0.2, 0.25) is 0 Å². The molecule has 4 heterocycles. The zero-order valence-corrected chi connectivity index (χ0v) is 56.6. The van der Waals surface area contributed by atoms with Gasteiger partial charge in [-0.3, -0.25) is 0 Å². The molecule has 93 heavy (non-hydrogen) atoms. The summed E-state index contributed by atoms with van der Waals surface area (Å²) >= 11 is 6.16. The lowest BCUT2D eigenvalue weighted by Crippen LogP contribution is -2.10. The first-order chi connectivity index (χ1) is 45.3. The Morgan fingerprint density at radius 3 is 1.24 bits per heavy atom. The maximum absolute atomic E-state index is 3.85. The molecule has 0 aliphatic rings. The summed E-state index contributed by atoms with van der Waals surface area (Å²) in [6.45, 7) is 13.7. The molecule has 0 spiro atoms. The molecule has 0 unspecified atom stereocenters. The lowest BCUT2D eigenvalue weighted by molar-refractivity contribution is 0.590. The van der Waals surface area contributed by atoms with Crippen LogP contribution in [-0.4, -0.2) is 9.55 Å². The minimum atomic E-state index is 0.125. The Balaban J connectivity index is 0.000000134. The van der Waals surface area contributed by atoms with Crippen LogP contribution in [0.2, 0.25) is 0 Å². The van der Waals surface area contributed by atoms with Crippen LogP contribution >= 0.6 is 45.3 Å². The Morgan fingerprint density at radius 2 is 0.731 bits per heavy atom. The van der Waals surface area contributed by atoms with Crippen LogP contribution in [-0.2, 0) is 10.8 Å². The number of hydrogen-bond donors (Lipinski definition) is 1. The Hall–Kier alpha value is -9.63. The molecule has 5 heteroatoms. The van der Waals surface area contributed by atoms with Gasteiger partial charge in [0.25, 0.3) is 0 Å². The first-order valence-electron chi connectivity index (χ1n) is 32.1. The van der Waals surface area contributed by atoms with E-state index in [4.69, 9.17) is 0 Å². The number of nitrogens with zero attached hydrogens (tertiary/aromatic N) is 1. The van der Waals surface area contributed by atoms with Crippen molar-refractivity contribution in [2.45, 2.75) is 52.4 Å². The third-order valence-electron chi connectivity index (χ3n) is 18.7. The van der Waals surface area contributed by atoms with Crippen LogP contribution in [0.25, 0.3) is 156 Å². The standard InChI is InChI=1S/C44H33NS.C38H29NS.C6H5I/c1-44(2,3)31-24-21-29(22-25-31)33-19-12-20-37-40-39-36-26-23-30(28-13-6-4-7-14-28)27-38(36)45(32-15-8-5-9-16-32)41(39)34-17-10-11-18-35(34)43(40)46-42(33)37;1-38(2,3)26-19-16-24(17-20-26)27-14-9-15-31-34-33-30-21-18-25(23-10-5-4-6-11-23)22-32(30)39-35(33)28-12-7-8-13-29(28)37(34)40-36(27)31;7-6-4-2-1-3-5-6/h4-27H,1-3H3;4-22,39H,1-3H3;1-5H. The summed E-state index contributed by atoms with van der Waals surface area (Å²) in [5, 5.41) is 15.8. The van der Waals surface area contributed by atoms with Crippen LogP contribution in [0.4, 0.5) is 0 Å².